The Hall–Kier alpha value is -4.31. The smallest absolute Gasteiger partial charge is 0.242 e. The van der Waals surface area contributed by atoms with Gasteiger partial charge in [0.05, 0.1) is 32.3 Å². The Morgan fingerprint density at radius 2 is 1.68 bits per heavy atom. The molecule has 0 radical (unpaired) electrons. The molecule has 0 saturated carbocycles. The van der Waals surface area contributed by atoms with Crippen molar-refractivity contribution in [3.8, 4) is 5.75 Å². The van der Waals surface area contributed by atoms with E-state index in [2.05, 4.69) is 4.98 Å². The molecule has 2 aliphatic heterocycles. The van der Waals surface area contributed by atoms with Crippen molar-refractivity contribution in [1.29, 1.82) is 0 Å². The van der Waals surface area contributed by atoms with Gasteiger partial charge < -0.3 is 24.2 Å². The molecule has 3 amide bonds. The minimum atomic E-state index is -0.563. The molecule has 2 saturated heterocycles. The van der Waals surface area contributed by atoms with Gasteiger partial charge >= 0.3 is 0 Å². The second kappa shape index (κ2) is 12.9. The van der Waals surface area contributed by atoms with Crippen molar-refractivity contribution in [2.45, 2.75) is 32.2 Å². The summed E-state index contributed by atoms with van der Waals surface area (Å²) in [6.07, 6.45) is 2.90. The highest BCUT2D eigenvalue weighted by molar-refractivity contribution is 5.91. The number of carbonyl (C=O) groups is 3. The first-order valence-corrected chi connectivity index (χ1v) is 13.6. The van der Waals surface area contributed by atoms with Crippen LogP contribution < -0.4 is 4.74 Å². The zero-order valence-electron chi connectivity index (χ0n) is 22.9. The van der Waals surface area contributed by atoms with Gasteiger partial charge in [0.25, 0.3) is 0 Å². The predicted octanol–water partition coefficient (Wildman–Crippen LogP) is 3.03. The van der Waals surface area contributed by atoms with E-state index in [1.165, 1.54) is 11.0 Å². The van der Waals surface area contributed by atoms with E-state index in [4.69, 9.17) is 9.47 Å². The van der Waals surface area contributed by atoms with Crippen LogP contribution in [0.25, 0.3) is 0 Å². The number of aromatic nitrogens is 1. The maximum Gasteiger partial charge on any atom is 0.242 e. The molecule has 2 fully saturated rings. The molecule has 0 aliphatic carbocycles. The average Bonchev–Trinajstić information content (AvgIpc) is 3.27. The van der Waals surface area contributed by atoms with Gasteiger partial charge in [0, 0.05) is 57.1 Å². The first kappa shape index (κ1) is 28.2. The van der Waals surface area contributed by atoms with Crippen LogP contribution in [0.4, 0.5) is 4.39 Å². The van der Waals surface area contributed by atoms with E-state index in [1.807, 2.05) is 30.3 Å². The lowest BCUT2D eigenvalue weighted by Crippen LogP contribution is -2.43. The summed E-state index contributed by atoms with van der Waals surface area (Å²) >= 11 is 0. The first-order chi connectivity index (χ1) is 19.9. The third-order valence-electron chi connectivity index (χ3n) is 7.46. The standard InChI is InChI=1S/C31H33FN4O5/c1-40-26-10-8-22(9-11-26)15-35-18-27(41-21-24-6-2-3-7-28(24)32)19-36(20-30(35)38)31(39)25-13-29(37)34(17-25)16-23-5-4-12-33-14-23/h2-12,14,25,27H,13,15-21H2,1H3/t25-,27-/m1/s1. The normalized spacial score (nSPS) is 19.4. The summed E-state index contributed by atoms with van der Waals surface area (Å²) in [7, 11) is 1.59. The second-order valence-electron chi connectivity index (χ2n) is 10.4. The number of likely N-dealkylation sites (tertiary alicyclic amines) is 1. The highest BCUT2D eigenvalue weighted by atomic mass is 19.1. The number of ether oxygens (including phenoxy) is 2. The monoisotopic (exact) mass is 560 g/mol. The Labute approximate surface area is 238 Å². The maximum absolute atomic E-state index is 14.3. The lowest BCUT2D eigenvalue weighted by molar-refractivity contribution is -0.141. The quantitative estimate of drug-likeness (QED) is 0.400. The van der Waals surface area contributed by atoms with Gasteiger partial charge in [-0.05, 0) is 35.4 Å². The van der Waals surface area contributed by atoms with E-state index in [0.717, 1.165) is 11.1 Å². The third-order valence-corrected chi connectivity index (χ3v) is 7.46. The van der Waals surface area contributed by atoms with Crippen molar-refractivity contribution >= 4 is 17.7 Å². The van der Waals surface area contributed by atoms with E-state index < -0.39 is 12.0 Å². The molecule has 1 aromatic heterocycles. The third kappa shape index (κ3) is 7.07. The van der Waals surface area contributed by atoms with Crippen LogP contribution in [0.2, 0.25) is 0 Å². The topological polar surface area (TPSA) is 92.3 Å². The number of hydrogen-bond donors (Lipinski definition) is 0. The lowest BCUT2D eigenvalue weighted by atomic mass is 10.1. The number of pyridine rings is 1. The number of carbonyl (C=O) groups excluding carboxylic acids is 3. The molecule has 10 heteroatoms. The maximum atomic E-state index is 14.3. The number of halogens is 1. The molecule has 0 unspecified atom stereocenters. The summed E-state index contributed by atoms with van der Waals surface area (Å²) in [6.45, 7) is 1.25. The molecule has 41 heavy (non-hydrogen) atoms. The van der Waals surface area contributed by atoms with Crippen molar-refractivity contribution in [2.75, 3.05) is 33.3 Å². The van der Waals surface area contributed by atoms with E-state index >= 15 is 0 Å². The summed E-state index contributed by atoms with van der Waals surface area (Å²) in [5.74, 6) is -0.816. The molecule has 3 aromatic rings. The molecule has 9 nitrogen and oxygen atoms in total. The molecular formula is C31H33FN4O5. The molecule has 3 heterocycles. The van der Waals surface area contributed by atoms with Crippen LogP contribution in [-0.4, -0.2) is 76.8 Å². The van der Waals surface area contributed by atoms with E-state index in [1.54, 1.807) is 53.6 Å². The Bertz CT molecular complexity index is 1370. The van der Waals surface area contributed by atoms with Crippen molar-refractivity contribution < 1.29 is 28.2 Å². The largest absolute Gasteiger partial charge is 0.497 e. The number of rotatable bonds is 9. The molecular weight excluding hydrogens is 527 g/mol. The Balaban J connectivity index is 1.30. The predicted molar refractivity (Wildman–Crippen MR) is 148 cm³/mol. The molecule has 214 valence electrons. The van der Waals surface area contributed by atoms with Crippen molar-refractivity contribution in [2.24, 2.45) is 5.92 Å². The van der Waals surface area contributed by atoms with E-state index in [9.17, 15) is 18.8 Å². The van der Waals surface area contributed by atoms with Crippen LogP contribution in [-0.2, 0) is 38.8 Å². The average molecular weight is 561 g/mol. The van der Waals surface area contributed by atoms with Gasteiger partial charge in [-0.1, -0.05) is 36.4 Å². The van der Waals surface area contributed by atoms with Crippen LogP contribution in [0, 0.1) is 11.7 Å². The Kier molecular flexibility index (Phi) is 8.88. The van der Waals surface area contributed by atoms with Gasteiger partial charge in [0.2, 0.25) is 17.7 Å². The molecule has 0 spiro atoms. The summed E-state index contributed by atoms with van der Waals surface area (Å²) in [5.41, 5.74) is 2.18. The van der Waals surface area contributed by atoms with Crippen molar-refractivity contribution in [3.63, 3.8) is 0 Å². The van der Waals surface area contributed by atoms with Crippen LogP contribution in [0.1, 0.15) is 23.1 Å². The van der Waals surface area contributed by atoms with Gasteiger partial charge in [0.1, 0.15) is 11.6 Å². The molecule has 0 N–H and O–H groups in total. The van der Waals surface area contributed by atoms with Gasteiger partial charge in [-0.2, -0.15) is 0 Å². The molecule has 2 aliphatic rings. The van der Waals surface area contributed by atoms with Gasteiger partial charge in [-0.3, -0.25) is 19.4 Å². The number of methoxy groups -OCH3 is 1. The Morgan fingerprint density at radius 3 is 2.41 bits per heavy atom. The first-order valence-electron chi connectivity index (χ1n) is 13.6. The van der Waals surface area contributed by atoms with Crippen molar-refractivity contribution in [3.05, 3.63) is 95.6 Å². The number of amides is 3. The van der Waals surface area contributed by atoms with Gasteiger partial charge in [-0.15, -0.1) is 0 Å². The molecule has 0 bridgehead atoms. The number of hydrogen-bond acceptors (Lipinski definition) is 6. The fraction of sp³-hybridized carbons (Fsp3) is 0.355. The van der Waals surface area contributed by atoms with E-state index in [0.29, 0.717) is 24.4 Å². The zero-order chi connectivity index (χ0) is 28.8. The van der Waals surface area contributed by atoms with Crippen molar-refractivity contribution in [1.82, 2.24) is 19.7 Å². The SMILES string of the molecule is COc1ccc(CN2C[C@@H](OCc3ccccc3F)CN(C(=O)[C@@H]3CC(=O)N(Cc4cccnc4)C3)CC2=O)cc1. The highest BCUT2D eigenvalue weighted by Gasteiger charge is 2.39. The highest BCUT2D eigenvalue weighted by Crippen LogP contribution is 2.24. The minimum Gasteiger partial charge on any atom is -0.497 e. The minimum absolute atomic E-state index is 0.00470. The van der Waals surface area contributed by atoms with Crippen LogP contribution >= 0.6 is 0 Å². The summed E-state index contributed by atoms with van der Waals surface area (Å²) < 4.78 is 25.6. The second-order valence-corrected chi connectivity index (χ2v) is 10.4. The summed E-state index contributed by atoms with van der Waals surface area (Å²) in [4.78, 5) is 48.8. The van der Waals surface area contributed by atoms with Gasteiger partial charge in [0.15, 0.2) is 0 Å². The summed E-state index contributed by atoms with van der Waals surface area (Å²) in [6, 6.07) is 17.5. The molecule has 2 aromatic carbocycles. The van der Waals surface area contributed by atoms with Crippen LogP contribution in [0.15, 0.2) is 73.1 Å². The Morgan fingerprint density at radius 1 is 0.927 bits per heavy atom. The fourth-order valence-corrected chi connectivity index (χ4v) is 5.24. The van der Waals surface area contributed by atoms with E-state index in [-0.39, 0.29) is 62.7 Å². The fourth-order valence-electron chi connectivity index (χ4n) is 5.24. The summed E-state index contributed by atoms with van der Waals surface area (Å²) in [5, 5.41) is 0. The van der Waals surface area contributed by atoms with Gasteiger partial charge in [-0.25, -0.2) is 4.39 Å². The molecule has 5 rings (SSSR count). The van der Waals surface area contributed by atoms with Crippen LogP contribution in [0.5, 0.6) is 5.75 Å². The number of benzene rings is 2. The lowest BCUT2D eigenvalue weighted by Gasteiger charge is -2.26. The van der Waals surface area contributed by atoms with Crippen LogP contribution in [0.3, 0.4) is 0 Å². The number of nitrogens with zero attached hydrogens (tertiary/aromatic N) is 4. The molecule has 2 atom stereocenters. The zero-order valence-corrected chi connectivity index (χ0v) is 22.9.